The Balaban J connectivity index is 2.87. The Hall–Kier alpha value is -1.39. The van der Waals surface area contributed by atoms with Gasteiger partial charge >= 0.3 is 5.82 Å². The number of rotatable bonds is 3. The molecule has 0 saturated heterocycles. The molecule has 5 heteroatoms. The highest BCUT2D eigenvalue weighted by molar-refractivity contribution is 5.15. The molecule has 0 N–H and O–H groups in total. The lowest BCUT2D eigenvalue weighted by Crippen LogP contribution is -2.03. The minimum atomic E-state index is -0.428. The van der Waals surface area contributed by atoms with Gasteiger partial charge in [0.1, 0.15) is 6.54 Å². The molecule has 0 unspecified atom stereocenters. The average molecular weight is 155 g/mol. The van der Waals surface area contributed by atoms with E-state index in [2.05, 4.69) is 5.10 Å². The average Bonchev–Trinajstić information content (AvgIpc) is 2.36. The second-order valence-corrected chi connectivity index (χ2v) is 2.17. The van der Waals surface area contributed by atoms with Gasteiger partial charge < -0.3 is 10.1 Å². The zero-order valence-electron chi connectivity index (χ0n) is 6.23. The van der Waals surface area contributed by atoms with E-state index in [0.29, 0.717) is 6.54 Å². The van der Waals surface area contributed by atoms with Gasteiger partial charge in [0, 0.05) is 0 Å². The number of nitro groups is 1. The van der Waals surface area contributed by atoms with E-state index in [9.17, 15) is 10.1 Å². The fourth-order valence-electron chi connectivity index (χ4n) is 0.865. The van der Waals surface area contributed by atoms with E-state index in [0.717, 1.165) is 6.42 Å². The Kier molecular flexibility index (Phi) is 2.20. The highest BCUT2D eigenvalue weighted by Crippen LogP contribution is 2.08. The smallest absolute Gasteiger partial charge is 0.344 e. The van der Waals surface area contributed by atoms with Crippen LogP contribution in [-0.2, 0) is 6.54 Å². The van der Waals surface area contributed by atoms with Crippen LogP contribution in [0.15, 0.2) is 12.3 Å². The molecule has 0 aromatic carbocycles. The van der Waals surface area contributed by atoms with Crippen molar-refractivity contribution in [3.05, 3.63) is 22.4 Å². The maximum Gasteiger partial charge on any atom is 0.344 e. The first kappa shape index (κ1) is 7.71. The van der Waals surface area contributed by atoms with Gasteiger partial charge in [-0.2, -0.15) is 0 Å². The molecule has 1 aromatic heterocycles. The van der Waals surface area contributed by atoms with Crippen molar-refractivity contribution in [2.45, 2.75) is 19.9 Å². The van der Waals surface area contributed by atoms with E-state index in [1.54, 1.807) is 0 Å². The minimum absolute atomic E-state index is 0.0619. The summed E-state index contributed by atoms with van der Waals surface area (Å²) in [7, 11) is 0. The first-order valence-corrected chi connectivity index (χ1v) is 3.42. The van der Waals surface area contributed by atoms with Crippen LogP contribution in [-0.4, -0.2) is 14.7 Å². The summed E-state index contributed by atoms with van der Waals surface area (Å²) < 4.78 is 1.39. The van der Waals surface area contributed by atoms with E-state index in [-0.39, 0.29) is 5.82 Å². The molecule has 5 nitrogen and oxygen atoms in total. The molecule has 1 aromatic rings. The molecule has 0 saturated carbocycles. The summed E-state index contributed by atoms with van der Waals surface area (Å²) >= 11 is 0. The topological polar surface area (TPSA) is 61.0 Å². The fourth-order valence-corrected chi connectivity index (χ4v) is 0.865. The second-order valence-electron chi connectivity index (χ2n) is 2.17. The van der Waals surface area contributed by atoms with Crippen molar-refractivity contribution in [2.75, 3.05) is 0 Å². The molecule has 0 aliphatic carbocycles. The van der Waals surface area contributed by atoms with Gasteiger partial charge in [-0.3, -0.25) is 0 Å². The lowest BCUT2D eigenvalue weighted by Gasteiger charge is -1.95. The number of hydrogen-bond acceptors (Lipinski definition) is 3. The van der Waals surface area contributed by atoms with Gasteiger partial charge in [-0.1, -0.05) is 12.0 Å². The quantitative estimate of drug-likeness (QED) is 0.486. The third-order valence-corrected chi connectivity index (χ3v) is 1.32. The monoisotopic (exact) mass is 155 g/mol. The van der Waals surface area contributed by atoms with Crippen molar-refractivity contribution in [1.29, 1.82) is 0 Å². The van der Waals surface area contributed by atoms with Gasteiger partial charge in [0.2, 0.25) is 0 Å². The summed E-state index contributed by atoms with van der Waals surface area (Å²) in [6, 6.07) is 1.40. The van der Waals surface area contributed by atoms with Crippen LogP contribution >= 0.6 is 0 Å². The highest BCUT2D eigenvalue weighted by atomic mass is 16.6. The molecule has 0 aliphatic rings. The fraction of sp³-hybridized carbons (Fsp3) is 0.500. The molecule has 1 heterocycles. The number of nitrogens with zero attached hydrogens (tertiary/aromatic N) is 3. The number of aromatic nitrogens is 2. The maximum absolute atomic E-state index is 10.3. The van der Waals surface area contributed by atoms with Crippen LogP contribution in [0.5, 0.6) is 0 Å². The molecule has 0 spiro atoms. The van der Waals surface area contributed by atoms with Crippen molar-refractivity contribution >= 4 is 5.82 Å². The van der Waals surface area contributed by atoms with Crippen LogP contribution in [0.25, 0.3) is 0 Å². The van der Waals surface area contributed by atoms with E-state index in [1.807, 2.05) is 6.92 Å². The lowest BCUT2D eigenvalue weighted by molar-refractivity contribution is -0.392. The van der Waals surface area contributed by atoms with Crippen LogP contribution < -0.4 is 0 Å². The Morgan fingerprint density at radius 2 is 2.55 bits per heavy atom. The van der Waals surface area contributed by atoms with Crippen LogP contribution in [0.3, 0.4) is 0 Å². The molecule has 0 radical (unpaired) electrons. The van der Waals surface area contributed by atoms with Crippen LogP contribution in [0, 0.1) is 10.1 Å². The molecule has 11 heavy (non-hydrogen) atoms. The van der Waals surface area contributed by atoms with Gasteiger partial charge in [0.05, 0.1) is 12.3 Å². The predicted molar refractivity (Wildman–Crippen MR) is 39.2 cm³/mol. The van der Waals surface area contributed by atoms with Crippen molar-refractivity contribution in [3.63, 3.8) is 0 Å². The molecule has 60 valence electrons. The molecule has 0 bridgehead atoms. The first-order chi connectivity index (χ1) is 5.25. The Bertz CT molecular complexity index is 256. The molecule has 0 amide bonds. The minimum Gasteiger partial charge on any atom is -0.358 e. The third kappa shape index (κ3) is 1.54. The van der Waals surface area contributed by atoms with E-state index in [4.69, 9.17) is 0 Å². The standard InChI is InChI=1S/C6H9N3O2/c1-2-5-8-6(9(10)11)3-4-7-8/h3-4H,2,5H2,1H3. The van der Waals surface area contributed by atoms with Crippen molar-refractivity contribution in [3.8, 4) is 0 Å². The lowest BCUT2D eigenvalue weighted by atomic mass is 10.5. The van der Waals surface area contributed by atoms with Gasteiger partial charge in [0.25, 0.3) is 0 Å². The zero-order chi connectivity index (χ0) is 8.27. The van der Waals surface area contributed by atoms with Gasteiger partial charge in [-0.25, -0.2) is 0 Å². The molecular weight excluding hydrogens is 146 g/mol. The zero-order valence-corrected chi connectivity index (χ0v) is 6.23. The number of aryl methyl sites for hydroxylation is 1. The van der Waals surface area contributed by atoms with Crippen LogP contribution in [0.4, 0.5) is 5.82 Å². The van der Waals surface area contributed by atoms with E-state index >= 15 is 0 Å². The van der Waals surface area contributed by atoms with E-state index < -0.39 is 4.92 Å². The predicted octanol–water partition coefficient (Wildman–Crippen LogP) is 1.20. The largest absolute Gasteiger partial charge is 0.358 e. The molecule has 0 aliphatic heterocycles. The molecular formula is C6H9N3O2. The normalized spacial score (nSPS) is 9.91. The van der Waals surface area contributed by atoms with Gasteiger partial charge in [0.15, 0.2) is 0 Å². The summed E-state index contributed by atoms with van der Waals surface area (Å²) in [4.78, 5) is 9.87. The number of hydrogen-bond donors (Lipinski definition) is 0. The Labute approximate surface area is 63.8 Å². The van der Waals surface area contributed by atoms with Crippen molar-refractivity contribution in [2.24, 2.45) is 0 Å². The Morgan fingerprint density at radius 1 is 1.82 bits per heavy atom. The van der Waals surface area contributed by atoms with Crippen LogP contribution in [0.2, 0.25) is 0 Å². The summed E-state index contributed by atoms with van der Waals surface area (Å²) in [5.41, 5.74) is 0. The third-order valence-electron chi connectivity index (χ3n) is 1.32. The summed E-state index contributed by atoms with van der Waals surface area (Å²) in [6.45, 7) is 2.55. The Morgan fingerprint density at radius 3 is 3.09 bits per heavy atom. The maximum atomic E-state index is 10.3. The summed E-state index contributed by atoms with van der Waals surface area (Å²) in [5.74, 6) is 0.0619. The summed E-state index contributed by atoms with van der Waals surface area (Å²) in [6.07, 6.45) is 2.29. The van der Waals surface area contributed by atoms with Crippen LogP contribution in [0.1, 0.15) is 13.3 Å². The molecule has 1 rings (SSSR count). The molecule has 0 atom stereocenters. The second kappa shape index (κ2) is 3.14. The SMILES string of the molecule is CCCn1nccc1[N+](=O)[O-]. The van der Waals surface area contributed by atoms with E-state index in [1.165, 1.54) is 16.9 Å². The van der Waals surface area contributed by atoms with Gasteiger partial charge in [-0.05, 0) is 11.3 Å². The molecule has 0 fully saturated rings. The van der Waals surface area contributed by atoms with Crippen molar-refractivity contribution < 1.29 is 4.92 Å². The first-order valence-electron chi connectivity index (χ1n) is 3.42. The highest BCUT2D eigenvalue weighted by Gasteiger charge is 2.11. The van der Waals surface area contributed by atoms with Crippen molar-refractivity contribution in [1.82, 2.24) is 9.78 Å². The van der Waals surface area contributed by atoms with Gasteiger partial charge in [-0.15, -0.1) is 4.68 Å². The summed E-state index contributed by atoms with van der Waals surface area (Å²) in [5, 5.41) is 14.1.